The summed E-state index contributed by atoms with van der Waals surface area (Å²) in [6, 6.07) is 19.6. The fourth-order valence-electron chi connectivity index (χ4n) is 2.40. The van der Waals surface area contributed by atoms with Gasteiger partial charge in [-0.15, -0.1) is 0 Å². The van der Waals surface area contributed by atoms with E-state index in [2.05, 4.69) is 16.4 Å². The Hall–Kier alpha value is -3.18. The van der Waals surface area contributed by atoms with Gasteiger partial charge in [0.2, 0.25) is 0 Å². The molecule has 0 fully saturated rings. The van der Waals surface area contributed by atoms with Crippen molar-refractivity contribution in [1.82, 2.24) is 10.5 Å². The monoisotopic (exact) mass is 319 g/mol. The van der Waals surface area contributed by atoms with Gasteiger partial charge < -0.3 is 5.32 Å². The first-order chi connectivity index (χ1) is 11.8. The van der Waals surface area contributed by atoms with Gasteiger partial charge >= 0.3 is 0 Å². The third kappa shape index (κ3) is 3.77. The van der Waals surface area contributed by atoms with E-state index in [1.165, 1.54) is 6.08 Å². The minimum atomic E-state index is -0.569. The van der Waals surface area contributed by atoms with Crippen LogP contribution in [0.2, 0.25) is 0 Å². The Morgan fingerprint density at radius 2 is 1.83 bits per heavy atom. The summed E-state index contributed by atoms with van der Waals surface area (Å²) in [6.45, 7) is 0.571. The number of carbonyl (C=O) groups excluding carboxylic acids is 1. The molecule has 0 aliphatic heterocycles. The Kier molecular flexibility index (Phi) is 4.84. The SMILES string of the molecule is O=C(/C=C/c1ccccc1NCc1ccc2ccccc2n1)NO. The van der Waals surface area contributed by atoms with Gasteiger partial charge in [-0.05, 0) is 29.8 Å². The van der Waals surface area contributed by atoms with Crippen molar-refractivity contribution in [2.24, 2.45) is 0 Å². The van der Waals surface area contributed by atoms with Crippen LogP contribution in [0.15, 0.2) is 66.7 Å². The summed E-state index contributed by atoms with van der Waals surface area (Å²) >= 11 is 0. The average Bonchev–Trinajstić information content (AvgIpc) is 2.64. The number of carbonyl (C=O) groups is 1. The Morgan fingerprint density at radius 3 is 2.71 bits per heavy atom. The van der Waals surface area contributed by atoms with E-state index in [1.807, 2.05) is 54.6 Å². The van der Waals surface area contributed by atoms with E-state index in [1.54, 1.807) is 11.6 Å². The normalized spacial score (nSPS) is 10.9. The Labute approximate surface area is 139 Å². The van der Waals surface area contributed by atoms with Crippen molar-refractivity contribution >= 4 is 28.6 Å². The van der Waals surface area contributed by atoms with Crippen molar-refractivity contribution in [1.29, 1.82) is 0 Å². The number of benzene rings is 2. The van der Waals surface area contributed by atoms with E-state index in [9.17, 15) is 4.79 Å². The molecule has 1 amide bonds. The van der Waals surface area contributed by atoms with E-state index in [0.29, 0.717) is 6.54 Å². The lowest BCUT2D eigenvalue weighted by atomic mass is 10.1. The van der Waals surface area contributed by atoms with Crippen molar-refractivity contribution in [3.63, 3.8) is 0 Å². The van der Waals surface area contributed by atoms with Crippen LogP contribution in [-0.2, 0) is 11.3 Å². The van der Waals surface area contributed by atoms with Gasteiger partial charge in [-0.25, -0.2) is 5.48 Å². The molecule has 120 valence electrons. The molecule has 2 aromatic carbocycles. The predicted octanol–water partition coefficient (Wildman–Crippen LogP) is 3.37. The molecular formula is C19H17N3O2. The highest BCUT2D eigenvalue weighted by molar-refractivity contribution is 5.91. The number of nitrogens with zero attached hydrogens (tertiary/aromatic N) is 1. The fraction of sp³-hybridized carbons (Fsp3) is 0.0526. The molecule has 3 N–H and O–H groups in total. The van der Waals surface area contributed by atoms with Crippen LogP contribution < -0.4 is 10.8 Å². The molecule has 0 aliphatic rings. The molecule has 3 rings (SSSR count). The zero-order chi connectivity index (χ0) is 16.8. The molecule has 3 aromatic rings. The lowest BCUT2D eigenvalue weighted by Gasteiger charge is -2.10. The molecule has 5 nitrogen and oxygen atoms in total. The third-order valence-electron chi connectivity index (χ3n) is 3.60. The first-order valence-electron chi connectivity index (χ1n) is 7.56. The van der Waals surface area contributed by atoms with Gasteiger partial charge in [0.05, 0.1) is 17.8 Å². The molecular weight excluding hydrogens is 302 g/mol. The number of rotatable bonds is 5. The van der Waals surface area contributed by atoms with Gasteiger partial charge in [-0.2, -0.15) is 0 Å². The van der Waals surface area contributed by atoms with Crippen LogP contribution in [0.3, 0.4) is 0 Å². The maximum Gasteiger partial charge on any atom is 0.267 e. The van der Waals surface area contributed by atoms with Gasteiger partial charge in [0, 0.05) is 17.1 Å². The van der Waals surface area contributed by atoms with E-state index in [4.69, 9.17) is 5.21 Å². The van der Waals surface area contributed by atoms with Crippen LogP contribution in [0.25, 0.3) is 17.0 Å². The summed E-state index contributed by atoms with van der Waals surface area (Å²) in [7, 11) is 0. The molecule has 0 bridgehead atoms. The first-order valence-corrected chi connectivity index (χ1v) is 7.56. The van der Waals surface area contributed by atoms with Crippen LogP contribution >= 0.6 is 0 Å². The summed E-state index contributed by atoms with van der Waals surface area (Å²) in [5.74, 6) is -0.569. The summed E-state index contributed by atoms with van der Waals surface area (Å²) < 4.78 is 0. The van der Waals surface area contributed by atoms with Crippen molar-refractivity contribution < 1.29 is 10.0 Å². The molecule has 0 saturated carbocycles. The molecule has 0 saturated heterocycles. The number of hydrogen-bond donors (Lipinski definition) is 3. The van der Waals surface area contributed by atoms with Gasteiger partial charge in [0.1, 0.15) is 0 Å². The second-order valence-electron chi connectivity index (χ2n) is 5.25. The fourth-order valence-corrected chi connectivity index (χ4v) is 2.40. The Balaban J connectivity index is 1.76. The summed E-state index contributed by atoms with van der Waals surface area (Å²) in [6.07, 6.45) is 2.91. The van der Waals surface area contributed by atoms with E-state index >= 15 is 0 Å². The smallest absolute Gasteiger partial charge is 0.267 e. The Morgan fingerprint density at radius 1 is 1.04 bits per heavy atom. The van der Waals surface area contributed by atoms with Gasteiger partial charge in [0.25, 0.3) is 5.91 Å². The first kappa shape index (κ1) is 15.7. The number of hydrogen-bond acceptors (Lipinski definition) is 4. The standard InChI is InChI=1S/C19H17N3O2/c23-19(22-24)12-10-14-5-1-3-7-17(14)20-13-16-11-9-15-6-2-4-8-18(15)21-16/h1-12,20,24H,13H2,(H,22,23)/b12-10+. The highest BCUT2D eigenvalue weighted by atomic mass is 16.5. The van der Waals surface area contributed by atoms with Crippen LogP contribution in [-0.4, -0.2) is 16.1 Å². The van der Waals surface area contributed by atoms with Gasteiger partial charge in [-0.3, -0.25) is 15.0 Å². The number of nitrogens with one attached hydrogen (secondary N) is 2. The molecule has 1 aromatic heterocycles. The molecule has 0 radical (unpaired) electrons. The zero-order valence-corrected chi connectivity index (χ0v) is 12.9. The van der Waals surface area contributed by atoms with Gasteiger partial charge in [-0.1, -0.05) is 42.5 Å². The number of anilines is 1. The van der Waals surface area contributed by atoms with Gasteiger partial charge in [0.15, 0.2) is 0 Å². The molecule has 0 unspecified atom stereocenters. The Bertz CT molecular complexity index is 890. The second-order valence-corrected chi connectivity index (χ2v) is 5.25. The van der Waals surface area contributed by atoms with Crippen molar-refractivity contribution in [2.45, 2.75) is 6.54 Å². The molecule has 5 heteroatoms. The highest BCUT2D eigenvalue weighted by Crippen LogP contribution is 2.18. The van der Waals surface area contributed by atoms with E-state index in [0.717, 1.165) is 27.8 Å². The van der Waals surface area contributed by atoms with E-state index in [-0.39, 0.29) is 0 Å². The number of fused-ring (bicyclic) bond motifs is 1. The molecule has 0 spiro atoms. The van der Waals surface area contributed by atoms with Crippen LogP contribution in [0.1, 0.15) is 11.3 Å². The van der Waals surface area contributed by atoms with Crippen molar-refractivity contribution in [3.8, 4) is 0 Å². The molecule has 1 heterocycles. The number of para-hydroxylation sites is 2. The molecule has 24 heavy (non-hydrogen) atoms. The lowest BCUT2D eigenvalue weighted by molar-refractivity contribution is -0.124. The molecule has 0 atom stereocenters. The largest absolute Gasteiger partial charge is 0.379 e. The summed E-state index contributed by atoms with van der Waals surface area (Å²) in [5, 5.41) is 13.0. The van der Waals surface area contributed by atoms with Crippen LogP contribution in [0.5, 0.6) is 0 Å². The third-order valence-corrected chi connectivity index (χ3v) is 3.60. The maximum absolute atomic E-state index is 11.1. The second kappa shape index (κ2) is 7.39. The van der Waals surface area contributed by atoms with Crippen molar-refractivity contribution in [3.05, 3.63) is 78.0 Å². The lowest BCUT2D eigenvalue weighted by Crippen LogP contribution is -2.14. The quantitative estimate of drug-likeness (QED) is 0.383. The molecule has 0 aliphatic carbocycles. The topological polar surface area (TPSA) is 74.2 Å². The summed E-state index contributed by atoms with van der Waals surface area (Å²) in [5.41, 5.74) is 5.20. The minimum Gasteiger partial charge on any atom is -0.379 e. The van der Waals surface area contributed by atoms with Crippen LogP contribution in [0.4, 0.5) is 5.69 Å². The van der Waals surface area contributed by atoms with Crippen molar-refractivity contribution in [2.75, 3.05) is 5.32 Å². The highest BCUT2D eigenvalue weighted by Gasteiger charge is 2.02. The zero-order valence-electron chi connectivity index (χ0n) is 12.9. The predicted molar refractivity (Wildman–Crippen MR) is 94.5 cm³/mol. The van der Waals surface area contributed by atoms with Crippen LogP contribution in [0, 0.1) is 0 Å². The maximum atomic E-state index is 11.1. The number of amides is 1. The summed E-state index contributed by atoms with van der Waals surface area (Å²) in [4.78, 5) is 15.8. The number of aromatic nitrogens is 1. The number of hydroxylamine groups is 1. The van der Waals surface area contributed by atoms with E-state index < -0.39 is 5.91 Å². The average molecular weight is 319 g/mol. The minimum absolute atomic E-state index is 0.569. The number of pyridine rings is 1.